The molecular formula is C11H7NO. The zero-order valence-corrected chi connectivity index (χ0v) is 6.95. The Morgan fingerprint density at radius 2 is 2.15 bits per heavy atom. The Morgan fingerprint density at radius 1 is 1.38 bits per heavy atom. The van der Waals surface area contributed by atoms with Crippen molar-refractivity contribution in [2.75, 3.05) is 0 Å². The monoisotopic (exact) mass is 169 g/mol. The Hall–Kier alpha value is -2.01. The zero-order chi connectivity index (χ0) is 9.26. The van der Waals surface area contributed by atoms with Crippen LogP contribution < -0.4 is 0 Å². The Labute approximate surface area is 75.7 Å². The Bertz CT molecular complexity index is 469. The number of fused-ring (bicyclic) bond motifs is 1. The number of benzene rings is 1. The molecule has 0 saturated carbocycles. The van der Waals surface area contributed by atoms with Gasteiger partial charge in [0.05, 0.1) is 5.57 Å². The van der Waals surface area contributed by atoms with Gasteiger partial charge in [0, 0.05) is 5.39 Å². The summed E-state index contributed by atoms with van der Waals surface area (Å²) in [7, 11) is 0. The summed E-state index contributed by atoms with van der Waals surface area (Å²) in [4.78, 5) is 0. The summed E-state index contributed by atoms with van der Waals surface area (Å²) in [5.41, 5.74) is 1.14. The first-order valence-electron chi connectivity index (χ1n) is 3.89. The third-order valence-corrected chi connectivity index (χ3v) is 1.86. The van der Waals surface area contributed by atoms with Crippen LogP contribution in [0.25, 0.3) is 16.5 Å². The van der Waals surface area contributed by atoms with Gasteiger partial charge >= 0.3 is 0 Å². The van der Waals surface area contributed by atoms with Crippen molar-refractivity contribution in [3.05, 3.63) is 42.7 Å². The summed E-state index contributed by atoms with van der Waals surface area (Å²) in [6, 6.07) is 11.4. The minimum atomic E-state index is 0.358. The Kier molecular flexibility index (Phi) is 1.64. The third-order valence-electron chi connectivity index (χ3n) is 1.86. The molecule has 0 aliphatic heterocycles. The van der Waals surface area contributed by atoms with Crippen LogP contribution in [0.5, 0.6) is 0 Å². The molecule has 0 spiro atoms. The third kappa shape index (κ3) is 1.21. The number of para-hydroxylation sites is 1. The van der Waals surface area contributed by atoms with Gasteiger partial charge in [-0.1, -0.05) is 24.8 Å². The minimum Gasteiger partial charge on any atom is -0.455 e. The van der Waals surface area contributed by atoms with E-state index in [2.05, 4.69) is 6.58 Å². The first kappa shape index (κ1) is 7.63. The molecule has 62 valence electrons. The molecule has 0 saturated heterocycles. The van der Waals surface area contributed by atoms with Gasteiger partial charge in [-0.2, -0.15) is 5.26 Å². The Morgan fingerprint density at radius 3 is 2.85 bits per heavy atom. The second kappa shape index (κ2) is 2.80. The topological polar surface area (TPSA) is 36.9 Å². The van der Waals surface area contributed by atoms with Crippen molar-refractivity contribution in [1.82, 2.24) is 0 Å². The maximum atomic E-state index is 8.60. The van der Waals surface area contributed by atoms with E-state index in [9.17, 15) is 0 Å². The molecular weight excluding hydrogens is 162 g/mol. The van der Waals surface area contributed by atoms with Crippen molar-refractivity contribution in [3.8, 4) is 6.07 Å². The van der Waals surface area contributed by atoms with E-state index in [-0.39, 0.29) is 0 Å². The van der Waals surface area contributed by atoms with Gasteiger partial charge in [0.25, 0.3) is 0 Å². The van der Waals surface area contributed by atoms with E-state index in [0.29, 0.717) is 11.3 Å². The standard InChI is InChI=1S/C11H7NO/c1-8(7-12)11-6-9-4-2-3-5-10(9)13-11/h2-6H,1H2. The van der Waals surface area contributed by atoms with Crippen LogP contribution in [0.1, 0.15) is 5.76 Å². The predicted molar refractivity (Wildman–Crippen MR) is 50.9 cm³/mol. The Balaban J connectivity index is 2.64. The van der Waals surface area contributed by atoms with Crippen molar-refractivity contribution in [2.45, 2.75) is 0 Å². The molecule has 0 radical (unpaired) electrons. The molecule has 0 unspecified atom stereocenters. The molecule has 1 aromatic heterocycles. The predicted octanol–water partition coefficient (Wildman–Crippen LogP) is 2.97. The molecule has 2 rings (SSSR count). The van der Waals surface area contributed by atoms with E-state index in [1.165, 1.54) is 0 Å². The molecule has 0 amide bonds. The number of nitriles is 1. The molecule has 2 nitrogen and oxygen atoms in total. The van der Waals surface area contributed by atoms with Crippen LogP contribution in [-0.4, -0.2) is 0 Å². The van der Waals surface area contributed by atoms with Crippen molar-refractivity contribution < 1.29 is 4.42 Å². The molecule has 0 N–H and O–H groups in total. The van der Waals surface area contributed by atoms with Gasteiger partial charge in [0.1, 0.15) is 17.4 Å². The zero-order valence-electron chi connectivity index (χ0n) is 6.95. The number of furan rings is 1. The lowest BCUT2D eigenvalue weighted by molar-refractivity contribution is 0.601. The van der Waals surface area contributed by atoms with Gasteiger partial charge in [-0.3, -0.25) is 0 Å². The lowest BCUT2D eigenvalue weighted by Gasteiger charge is -1.85. The lowest BCUT2D eigenvalue weighted by Crippen LogP contribution is -1.69. The molecule has 0 fully saturated rings. The smallest absolute Gasteiger partial charge is 0.145 e. The minimum absolute atomic E-state index is 0.358. The van der Waals surface area contributed by atoms with E-state index >= 15 is 0 Å². The van der Waals surface area contributed by atoms with Gasteiger partial charge < -0.3 is 4.42 Å². The van der Waals surface area contributed by atoms with Crippen LogP contribution >= 0.6 is 0 Å². The van der Waals surface area contributed by atoms with Crippen LogP contribution in [-0.2, 0) is 0 Å². The maximum Gasteiger partial charge on any atom is 0.145 e. The highest BCUT2D eigenvalue weighted by molar-refractivity contribution is 5.84. The van der Waals surface area contributed by atoms with Crippen LogP contribution in [0.3, 0.4) is 0 Å². The average Bonchev–Trinajstić information content (AvgIpc) is 2.59. The number of hydrogen-bond acceptors (Lipinski definition) is 2. The summed E-state index contributed by atoms with van der Waals surface area (Å²) >= 11 is 0. The second-order valence-corrected chi connectivity index (χ2v) is 2.74. The maximum absolute atomic E-state index is 8.60. The lowest BCUT2D eigenvalue weighted by atomic mass is 10.2. The fourth-order valence-electron chi connectivity index (χ4n) is 1.19. The van der Waals surface area contributed by atoms with E-state index in [1.807, 2.05) is 36.4 Å². The van der Waals surface area contributed by atoms with Crippen LogP contribution in [0.15, 0.2) is 41.3 Å². The average molecular weight is 169 g/mol. The molecule has 13 heavy (non-hydrogen) atoms. The highest BCUT2D eigenvalue weighted by Crippen LogP contribution is 2.22. The van der Waals surface area contributed by atoms with Crippen LogP contribution in [0.2, 0.25) is 0 Å². The molecule has 1 heterocycles. The number of hydrogen-bond donors (Lipinski definition) is 0. The molecule has 2 aromatic rings. The fraction of sp³-hybridized carbons (Fsp3) is 0. The van der Waals surface area contributed by atoms with Crippen LogP contribution in [0.4, 0.5) is 0 Å². The molecule has 0 aliphatic carbocycles. The second-order valence-electron chi connectivity index (χ2n) is 2.74. The first-order valence-corrected chi connectivity index (χ1v) is 3.89. The highest BCUT2D eigenvalue weighted by Gasteiger charge is 2.04. The quantitative estimate of drug-likeness (QED) is 0.615. The highest BCUT2D eigenvalue weighted by atomic mass is 16.3. The van der Waals surface area contributed by atoms with E-state index in [4.69, 9.17) is 9.68 Å². The summed E-state index contributed by atoms with van der Waals surface area (Å²) in [6.07, 6.45) is 0. The fourth-order valence-corrected chi connectivity index (χ4v) is 1.19. The van der Waals surface area contributed by atoms with E-state index in [1.54, 1.807) is 0 Å². The van der Waals surface area contributed by atoms with Gasteiger partial charge in [-0.05, 0) is 12.1 Å². The molecule has 0 atom stereocenters. The summed E-state index contributed by atoms with van der Waals surface area (Å²) in [6.45, 7) is 3.58. The van der Waals surface area contributed by atoms with Gasteiger partial charge in [-0.15, -0.1) is 0 Å². The molecule has 0 aliphatic rings. The summed E-state index contributed by atoms with van der Waals surface area (Å²) in [5.74, 6) is 0.545. The van der Waals surface area contributed by atoms with E-state index in [0.717, 1.165) is 11.0 Å². The van der Waals surface area contributed by atoms with Crippen molar-refractivity contribution >= 4 is 16.5 Å². The number of allylic oxidation sites excluding steroid dienone is 1. The molecule has 1 aromatic carbocycles. The SMILES string of the molecule is C=C(C#N)c1cc2ccccc2o1. The van der Waals surface area contributed by atoms with Gasteiger partial charge in [-0.25, -0.2) is 0 Å². The number of rotatable bonds is 1. The molecule has 2 heteroatoms. The summed E-state index contributed by atoms with van der Waals surface area (Å²) in [5, 5.41) is 9.60. The summed E-state index contributed by atoms with van der Waals surface area (Å²) < 4.78 is 5.40. The van der Waals surface area contributed by atoms with Crippen molar-refractivity contribution in [2.24, 2.45) is 0 Å². The van der Waals surface area contributed by atoms with Gasteiger partial charge in [0.2, 0.25) is 0 Å². The number of nitrogens with zero attached hydrogens (tertiary/aromatic N) is 1. The van der Waals surface area contributed by atoms with Crippen molar-refractivity contribution in [1.29, 1.82) is 5.26 Å². The van der Waals surface area contributed by atoms with E-state index < -0.39 is 0 Å². The molecule has 0 bridgehead atoms. The largest absolute Gasteiger partial charge is 0.455 e. The first-order chi connectivity index (χ1) is 6.31. The van der Waals surface area contributed by atoms with Crippen LogP contribution in [0, 0.1) is 11.3 Å². The van der Waals surface area contributed by atoms with Crippen molar-refractivity contribution in [3.63, 3.8) is 0 Å². The van der Waals surface area contributed by atoms with Gasteiger partial charge in [0.15, 0.2) is 0 Å². The normalized spacial score (nSPS) is 9.77.